The largest absolute Gasteiger partial charge is 0.0840 e. The lowest BCUT2D eigenvalue weighted by Gasteiger charge is -2.02. The van der Waals surface area contributed by atoms with E-state index in [1.807, 2.05) is 6.07 Å². The first-order chi connectivity index (χ1) is 5.27. The van der Waals surface area contributed by atoms with Gasteiger partial charge in [-0.05, 0) is 42.5 Å². The molecular formula is C10H9Cl. The van der Waals surface area contributed by atoms with Crippen LogP contribution in [0, 0.1) is 13.3 Å². The van der Waals surface area contributed by atoms with Gasteiger partial charge in [0.2, 0.25) is 0 Å². The quantitative estimate of drug-likeness (QED) is 0.553. The Bertz CT molecular complexity index is 289. The van der Waals surface area contributed by atoms with Crippen LogP contribution in [0.2, 0.25) is 5.02 Å². The van der Waals surface area contributed by atoms with Gasteiger partial charge >= 0.3 is 0 Å². The Morgan fingerprint density at radius 1 is 1.45 bits per heavy atom. The molecule has 0 nitrogen and oxygen atoms in total. The molecular weight excluding hydrogens is 156 g/mol. The van der Waals surface area contributed by atoms with Crippen molar-refractivity contribution in [2.24, 2.45) is 0 Å². The predicted octanol–water partition coefficient (Wildman–Crippen LogP) is 3.02. The molecule has 0 aromatic heterocycles. The fourth-order valence-corrected chi connectivity index (χ4v) is 1.87. The van der Waals surface area contributed by atoms with Crippen LogP contribution >= 0.6 is 11.6 Å². The molecule has 56 valence electrons. The molecule has 0 bridgehead atoms. The summed E-state index contributed by atoms with van der Waals surface area (Å²) in [5.41, 5.74) is 3.72. The second kappa shape index (κ2) is 2.53. The Balaban J connectivity index is 2.60. The number of halogens is 1. The molecule has 0 unspecified atom stereocenters. The van der Waals surface area contributed by atoms with E-state index in [2.05, 4.69) is 19.4 Å². The molecule has 11 heavy (non-hydrogen) atoms. The van der Waals surface area contributed by atoms with Crippen LogP contribution < -0.4 is 0 Å². The molecule has 0 spiro atoms. The minimum absolute atomic E-state index is 0.907. The van der Waals surface area contributed by atoms with Gasteiger partial charge in [-0.3, -0.25) is 0 Å². The van der Waals surface area contributed by atoms with E-state index < -0.39 is 0 Å². The average Bonchev–Trinajstić information content (AvgIpc) is 2.34. The minimum atomic E-state index is 0.907. The van der Waals surface area contributed by atoms with Crippen LogP contribution in [-0.2, 0) is 6.42 Å². The summed E-state index contributed by atoms with van der Waals surface area (Å²) in [6.07, 6.45) is 5.39. The van der Waals surface area contributed by atoms with Crippen molar-refractivity contribution < 1.29 is 0 Å². The second-order valence-electron chi connectivity index (χ2n) is 2.95. The van der Waals surface area contributed by atoms with Crippen LogP contribution in [0.15, 0.2) is 12.1 Å². The fraction of sp³-hybridized carbons (Fsp3) is 0.300. The summed E-state index contributed by atoms with van der Waals surface area (Å²) < 4.78 is 0. The summed E-state index contributed by atoms with van der Waals surface area (Å²) in [4.78, 5) is 0. The van der Waals surface area contributed by atoms with Gasteiger partial charge < -0.3 is 0 Å². The molecule has 0 fully saturated rings. The fourth-order valence-electron chi connectivity index (χ4n) is 1.51. The third-order valence-corrected chi connectivity index (χ3v) is 2.37. The standard InChI is InChI=1S/C10H9Cl/c1-7-5-8-3-2-4-9(8)10(11)6-7/h5-6H,2,4H2,1H3. The van der Waals surface area contributed by atoms with Gasteiger partial charge in [-0.1, -0.05) is 17.7 Å². The average molecular weight is 165 g/mol. The van der Waals surface area contributed by atoms with Crippen molar-refractivity contribution in [2.75, 3.05) is 0 Å². The van der Waals surface area contributed by atoms with Crippen LogP contribution in [0.3, 0.4) is 0 Å². The van der Waals surface area contributed by atoms with Gasteiger partial charge in [0.05, 0.1) is 0 Å². The normalized spacial score (nSPS) is 15.1. The van der Waals surface area contributed by atoms with Gasteiger partial charge in [0, 0.05) is 11.4 Å². The molecule has 2 rings (SSSR count). The van der Waals surface area contributed by atoms with Crippen LogP contribution in [0.5, 0.6) is 0 Å². The molecule has 0 saturated carbocycles. The summed E-state index contributed by atoms with van der Waals surface area (Å²) in [5.74, 6) is 0. The first-order valence-corrected chi connectivity index (χ1v) is 4.18. The Morgan fingerprint density at radius 3 is 3.09 bits per heavy atom. The van der Waals surface area contributed by atoms with Crippen molar-refractivity contribution in [2.45, 2.75) is 19.8 Å². The molecule has 0 aliphatic heterocycles. The maximum Gasteiger partial charge on any atom is 0.0443 e. The highest BCUT2D eigenvalue weighted by Crippen LogP contribution is 2.30. The Hall–Kier alpha value is -0.490. The van der Waals surface area contributed by atoms with E-state index in [0.29, 0.717) is 0 Å². The van der Waals surface area contributed by atoms with Gasteiger partial charge in [0.15, 0.2) is 0 Å². The summed E-state index contributed by atoms with van der Waals surface area (Å²) in [6.45, 7) is 2.06. The number of hydrogen-bond acceptors (Lipinski definition) is 0. The van der Waals surface area contributed by atoms with Crippen LogP contribution in [0.4, 0.5) is 0 Å². The van der Waals surface area contributed by atoms with Gasteiger partial charge in [-0.15, -0.1) is 0 Å². The molecule has 0 N–H and O–H groups in total. The molecule has 0 atom stereocenters. The van der Waals surface area contributed by atoms with Crippen LogP contribution in [-0.4, -0.2) is 0 Å². The van der Waals surface area contributed by atoms with Crippen molar-refractivity contribution in [1.29, 1.82) is 0 Å². The van der Waals surface area contributed by atoms with Crippen molar-refractivity contribution in [3.63, 3.8) is 0 Å². The van der Waals surface area contributed by atoms with Crippen molar-refractivity contribution >= 4 is 11.6 Å². The van der Waals surface area contributed by atoms with E-state index in [9.17, 15) is 0 Å². The number of benzene rings is 1. The summed E-state index contributed by atoms with van der Waals surface area (Å²) in [6, 6.07) is 4.17. The zero-order valence-electron chi connectivity index (χ0n) is 6.45. The molecule has 1 aliphatic carbocycles. The highest BCUT2D eigenvalue weighted by Gasteiger charge is 2.14. The van der Waals surface area contributed by atoms with Gasteiger partial charge in [-0.25, -0.2) is 0 Å². The first kappa shape index (κ1) is 7.17. The molecule has 1 aliphatic rings. The van der Waals surface area contributed by atoms with Crippen LogP contribution in [0.1, 0.15) is 23.1 Å². The second-order valence-corrected chi connectivity index (χ2v) is 3.36. The van der Waals surface area contributed by atoms with Crippen LogP contribution in [0.25, 0.3) is 0 Å². The molecule has 0 saturated heterocycles. The third kappa shape index (κ3) is 1.16. The molecule has 1 aromatic rings. The summed E-state index contributed by atoms with van der Waals surface area (Å²) >= 11 is 6.03. The van der Waals surface area contributed by atoms with E-state index >= 15 is 0 Å². The number of hydrogen-bond donors (Lipinski definition) is 0. The predicted molar refractivity (Wildman–Crippen MR) is 46.9 cm³/mol. The van der Waals surface area contributed by atoms with Crippen molar-refractivity contribution in [3.05, 3.63) is 40.3 Å². The van der Waals surface area contributed by atoms with Gasteiger partial charge in [0.25, 0.3) is 0 Å². The lowest BCUT2D eigenvalue weighted by atomic mass is 10.1. The summed E-state index contributed by atoms with van der Waals surface area (Å²) in [7, 11) is 0. The third-order valence-electron chi connectivity index (χ3n) is 2.03. The van der Waals surface area contributed by atoms with Gasteiger partial charge in [0.1, 0.15) is 0 Å². The summed E-state index contributed by atoms with van der Waals surface area (Å²) in [5, 5.41) is 0.907. The maximum atomic E-state index is 6.03. The Kier molecular flexibility index (Phi) is 1.65. The monoisotopic (exact) mass is 164 g/mol. The highest BCUT2D eigenvalue weighted by atomic mass is 35.5. The lowest BCUT2D eigenvalue weighted by molar-refractivity contribution is 1.03. The first-order valence-electron chi connectivity index (χ1n) is 3.80. The van der Waals surface area contributed by atoms with E-state index in [1.54, 1.807) is 0 Å². The molecule has 2 radical (unpaired) electrons. The highest BCUT2D eigenvalue weighted by molar-refractivity contribution is 6.31. The van der Waals surface area contributed by atoms with E-state index in [0.717, 1.165) is 17.9 Å². The molecule has 1 heteroatoms. The Labute approximate surface area is 72.2 Å². The zero-order valence-corrected chi connectivity index (χ0v) is 7.20. The molecule has 1 aromatic carbocycles. The van der Waals surface area contributed by atoms with E-state index in [1.165, 1.54) is 16.7 Å². The molecule has 0 heterocycles. The van der Waals surface area contributed by atoms with E-state index in [4.69, 9.17) is 11.6 Å². The smallest absolute Gasteiger partial charge is 0.0443 e. The van der Waals surface area contributed by atoms with Crippen molar-refractivity contribution in [1.82, 2.24) is 0 Å². The molecule has 0 amide bonds. The van der Waals surface area contributed by atoms with Gasteiger partial charge in [-0.2, -0.15) is 0 Å². The topological polar surface area (TPSA) is 0 Å². The SMILES string of the molecule is Cc1cc(Cl)c2c(c1)[C]CC2. The lowest BCUT2D eigenvalue weighted by Crippen LogP contribution is -1.84. The van der Waals surface area contributed by atoms with E-state index in [-0.39, 0.29) is 0 Å². The number of rotatable bonds is 0. The van der Waals surface area contributed by atoms with Crippen molar-refractivity contribution in [3.8, 4) is 0 Å². The maximum absolute atomic E-state index is 6.03. The number of fused-ring (bicyclic) bond motifs is 1. The Morgan fingerprint density at radius 2 is 2.27 bits per heavy atom. The minimum Gasteiger partial charge on any atom is -0.0840 e. The zero-order chi connectivity index (χ0) is 7.84. The number of aryl methyl sites for hydroxylation is 1.